The smallest absolute Gasteiger partial charge is 0.320 e. The van der Waals surface area contributed by atoms with E-state index in [-0.39, 0.29) is 78.1 Å². The lowest BCUT2D eigenvalue weighted by Gasteiger charge is -2.28. The molecule has 5 fully saturated rings. The summed E-state index contributed by atoms with van der Waals surface area (Å²) in [6.45, 7) is 15.4. The van der Waals surface area contributed by atoms with E-state index < -0.39 is 59.0 Å². The lowest BCUT2D eigenvalue weighted by molar-refractivity contribution is -0.231. The van der Waals surface area contributed by atoms with Crippen molar-refractivity contribution in [2.75, 3.05) is 13.2 Å². The van der Waals surface area contributed by atoms with Crippen LogP contribution >= 0.6 is 11.6 Å². The molecule has 5 rings (SSSR count). The van der Waals surface area contributed by atoms with Gasteiger partial charge in [0.25, 0.3) is 5.79 Å². The van der Waals surface area contributed by atoms with E-state index in [1.807, 2.05) is 0 Å². The van der Waals surface area contributed by atoms with E-state index in [0.29, 0.717) is 6.61 Å². The van der Waals surface area contributed by atoms with Gasteiger partial charge < -0.3 is 28.8 Å². The molecule has 1 aliphatic heterocycles. The van der Waals surface area contributed by atoms with Crippen molar-refractivity contribution in [1.82, 2.24) is 0 Å². The highest BCUT2D eigenvalue weighted by Crippen LogP contribution is 2.36. The van der Waals surface area contributed by atoms with Gasteiger partial charge in [0.05, 0.1) is 25.0 Å². The molecular weight excluding hydrogens is 784 g/mol. The minimum absolute atomic E-state index is 0.0293. The quantitative estimate of drug-likeness (QED) is 0.0928. The van der Waals surface area contributed by atoms with E-state index in [0.717, 1.165) is 51.4 Å². The molecule has 58 heavy (non-hydrogen) atoms. The van der Waals surface area contributed by atoms with E-state index in [1.165, 1.54) is 13.8 Å². The maximum atomic E-state index is 12.2. The van der Waals surface area contributed by atoms with Gasteiger partial charge in [-0.2, -0.15) is 0 Å². The Hall–Kier alpha value is -4.21. The summed E-state index contributed by atoms with van der Waals surface area (Å²) in [4.78, 5) is 110. The molecule has 1 saturated heterocycles. The zero-order valence-electron chi connectivity index (χ0n) is 35.2. The van der Waals surface area contributed by atoms with Crippen LogP contribution in [-0.2, 0) is 71.6 Å². The molecule has 4 aliphatic carbocycles. The van der Waals surface area contributed by atoms with Crippen LogP contribution in [0.1, 0.15) is 133 Å². The second kappa shape index (κ2) is 24.0. The summed E-state index contributed by atoms with van der Waals surface area (Å²) in [5.41, 5.74) is -0.646. The van der Waals surface area contributed by atoms with Crippen LogP contribution < -0.4 is 0 Å². The summed E-state index contributed by atoms with van der Waals surface area (Å²) >= 11 is 5.04. The first kappa shape index (κ1) is 51.8. The third kappa shape index (κ3) is 22.7. The molecule has 17 heteroatoms. The first-order valence-corrected chi connectivity index (χ1v) is 20.2. The number of esters is 5. The Kier molecular flexibility index (Phi) is 21.4. The van der Waals surface area contributed by atoms with Crippen molar-refractivity contribution in [3.8, 4) is 0 Å². The second-order valence-electron chi connectivity index (χ2n) is 16.2. The first-order chi connectivity index (χ1) is 26.8. The molecule has 0 amide bonds. The van der Waals surface area contributed by atoms with Gasteiger partial charge in [-0.05, 0) is 97.6 Å². The third-order valence-corrected chi connectivity index (χ3v) is 8.94. The molecule has 0 bridgehead atoms. The number of ether oxygens (including phenoxy) is 5. The number of carboxylic acid groups (broad SMARTS) is 1. The number of cyclic esters (lactones) is 2. The van der Waals surface area contributed by atoms with Crippen molar-refractivity contribution in [2.24, 2.45) is 41.4 Å². The standard InChI is InChI=1S/C15H24O5.2C8H12O3.C6H8O4.C4H5ClO/c1-6-19-14(18)11(12(16)10-7-8-10)9(2)13(17)20-15(3,4)5;1-5(8(10)11)4-7(9)6-2-3-6;1-2-11-8(10)5-7(9)6-3-4-6;1-6(2)9-4(7)3-5(8)10-6;5-4(6)3-1-2-3/h9-11H,6-8H2,1-5H3;5-6H,2-4H2,1H3,(H,10,11);6H,2-5H2,1H3;3H2,1-2H3;3H,1-2H2. The number of hydrogen-bond donors (Lipinski definition) is 1. The number of aliphatic carboxylic acids is 1. The Morgan fingerprint density at radius 1 is 0.741 bits per heavy atom. The summed E-state index contributed by atoms with van der Waals surface area (Å²) in [6.07, 6.45) is 7.35. The molecular formula is C41H61ClO16. The van der Waals surface area contributed by atoms with Crippen molar-refractivity contribution in [3.05, 3.63) is 0 Å². The SMILES string of the molecule is CC(CC(=O)C1CC1)C(=O)O.CC1(C)OC(=O)CC(=O)O1.CCOC(=O)C(C(=O)C1CC1)C(C)C(=O)OC(C)(C)C.CCOC(=O)CC(=O)C1CC1.O=C(Cl)C1CC1. The van der Waals surface area contributed by atoms with Gasteiger partial charge in [0, 0.05) is 43.9 Å². The molecule has 0 radical (unpaired) electrons. The van der Waals surface area contributed by atoms with Crippen LogP contribution in [-0.4, -0.2) is 88.1 Å². The van der Waals surface area contributed by atoms with Crippen molar-refractivity contribution < 1.29 is 76.7 Å². The monoisotopic (exact) mass is 844 g/mol. The topological polar surface area (TPSA) is 237 Å². The fourth-order valence-electron chi connectivity index (χ4n) is 4.89. The molecule has 16 nitrogen and oxygen atoms in total. The Morgan fingerprint density at radius 2 is 1.19 bits per heavy atom. The average Bonchev–Trinajstić information content (AvgIpc) is 3.92. The van der Waals surface area contributed by atoms with E-state index in [4.69, 9.17) is 26.2 Å². The number of ketones is 3. The number of hydrogen-bond acceptors (Lipinski definition) is 15. The minimum atomic E-state index is -1.08. The molecule has 5 aliphatic rings. The van der Waals surface area contributed by atoms with Crippen LogP contribution in [0.25, 0.3) is 0 Å². The number of carbonyl (C=O) groups excluding carboxylic acids is 9. The number of carbonyl (C=O) groups is 10. The van der Waals surface area contributed by atoms with Crippen LogP contribution in [0.5, 0.6) is 0 Å². The molecule has 0 aromatic rings. The van der Waals surface area contributed by atoms with Gasteiger partial charge in [-0.1, -0.05) is 13.8 Å². The molecule has 4 saturated carbocycles. The predicted molar refractivity (Wildman–Crippen MR) is 205 cm³/mol. The summed E-state index contributed by atoms with van der Waals surface area (Å²) in [7, 11) is 0. The Morgan fingerprint density at radius 3 is 1.53 bits per heavy atom. The first-order valence-electron chi connectivity index (χ1n) is 19.8. The maximum Gasteiger partial charge on any atom is 0.320 e. The molecule has 1 N–H and O–H groups in total. The largest absolute Gasteiger partial charge is 0.481 e. The zero-order valence-corrected chi connectivity index (χ0v) is 35.9. The summed E-state index contributed by atoms with van der Waals surface area (Å²) in [6, 6.07) is 0. The van der Waals surface area contributed by atoms with Crippen LogP contribution in [0.3, 0.4) is 0 Å². The third-order valence-electron chi connectivity index (χ3n) is 8.63. The van der Waals surface area contributed by atoms with E-state index >= 15 is 0 Å². The summed E-state index contributed by atoms with van der Waals surface area (Å²) in [5.74, 6) is -6.46. The Bertz CT molecular complexity index is 1480. The fourth-order valence-corrected chi connectivity index (χ4v) is 5.10. The molecule has 3 atom stereocenters. The lowest BCUT2D eigenvalue weighted by atomic mass is 9.87. The highest BCUT2D eigenvalue weighted by molar-refractivity contribution is 6.64. The predicted octanol–water partition coefficient (Wildman–Crippen LogP) is 5.49. The Labute approximate surface area is 345 Å². The van der Waals surface area contributed by atoms with Gasteiger partial charge in [0.15, 0.2) is 5.78 Å². The van der Waals surface area contributed by atoms with E-state index in [9.17, 15) is 47.9 Å². The molecule has 328 valence electrons. The normalized spacial score (nSPS) is 19.1. The van der Waals surface area contributed by atoms with Crippen molar-refractivity contribution in [3.63, 3.8) is 0 Å². The van der Waals surface area contributed by atoms with Gasteiger partial charge in [-0.15, -0.1) is 0 Å². The van der Waals surface area contributed by atoms with Crippen molar-refractivity contribution >= 4 is 70.0 Å². The minimum Gasteiger partial charge on any atom is -0.481 e. The molecule has 3 unspecified atom stereocenters. The van der Waals surface area contributed by atoms with Gasteiger partial charge in [0.2, 0.25) is 5.24 Å². The van der Waals surface area contributed by atoms with Gasteiger partial charge in [0.1, 0.15) is 35.9 Å². The number of halogens is 1. The highest BCUT2D eigenvalue weighted by atomic mass is 35.5. The van der Waals surface area contributed by atoms with Crippen LogP contribution in [0.4, 0.5) is 0 Å². The van der Waals surface area contributed by atoms with Crippen molar-refractivity contribution in [2.45, 2.75) is 144 Å². The van der Waals surface area contributed by atoms with Gasteiger partial charge in [-0.25, -0.2) is 0 Å². The van der Waals surface area contributed by atoms with Crippen molar-refractivity contribution in [1.29, 1.82) is 0 Å². The van der Waals surface area contributed by atoms with Crippen LogP contribution in [0.15, 0.2) is 0 Å². The van der Waals surface area contributed by atoms with Gasteiger partial charge in [-0.3, -0.25) is 47.9 Å². The molecule has 0 spiro atoms. The summed E-state index contributed by atoms with van der Waals surface area (Å²) < 4.78 is 24.2. The summed E-state index contributed by atoms with van der Waals surface area (Å²) in [5, 5.41) is 8.32. The number of rotatable bonds is 15. The number of Topliss-reactive ketones (excluding diaryl/α,β-unsaturated/α-hetero) is 3. The Balaban J connectivity index is 0.000000382. The van der Waals surface area contributed by atoms with Gasteiger partial charge >= 0.3 is 35.8 Å². The van der Waals surface area contributed by atoms with E-state index in [2.05, 4.69) is 14.2 Å². The van der Waals surface area contributed by atoms with E-state index in [1.54, 1.807) is 48.5 Å². The highest BCUT2D eigenvalue weighted by Gasteiger charge is 2.45. The lowest BCUT2D eigenvalue weighted by Crippen LogP contribution is -2.39. The molecule has 1 heterocycles. The number of carboxylic acids is 1. The maximum absolute atomic E-state index is 12.2. The molecule has 0 aromatic heterocycles. The van der Waals surface area contributed by atoms with Crippen LogP contribution in [0, 0.1) is 41.4 Å². The second-order valence-corrected chi connectivity index (χ2v) is 16.6. The average molecular weight is 845 g/mol. The van der Waals surface area contributed by atoms with Crippen LogP contribution in [0.2, 0.25) is 0 Å². The molecule has 0 aromatic carbocycles. The fraction of sp³-hybridized carbons (Fsp3) is 0.756. The zero-order chi connectivity index (χ0) is 44.5.